The van der Waals surface area contributed by atoms with Gasteiger partial charge in [0.1, 0.15) is 12.4 Å². The van der Waals surface area contributed by atoms with Crippen molar-refractivity contribution in [2.45, 2.75) is 32.3 Å². The predicted octanol–water partition coefficient (Wildman–Crippen LogP) is 5.38. The lowest BCUT2D eigenvalue weighted by atomic mass is 9.97. The SMILES string of the molecule is CCc1ccccc1-c1cccc(COc2ccc(C(CS)CC(N)=O)cc2)c1. The van der Waals surface area contributed by atoms with E-state index in [2.05, 4.69) is 68.1 Å². The van der Waals surface area contributed by atoms with Crippen molar-refractivity contribution in [2.75, 3.05) is 5.75 Å². The van der Waals surface area contributed by atoms with Gasteiger partial charge >= 0.3 is 0 Å². The molecule has 3 nitrogen and oxygen atoms in total. The molecule has 3 rings (SSSR count). The van der Waals surface area contributed by atoms with Crippen molar-refractivity contribution in [3.05, 3.63) is 89.5 Å². The maximum absolute atomic E-state index is 11.2. The molecule has 0 saturated heterocycles. The molecule has 0 saturated carbocycles. The van der Waals surface area contributed by atoms with Gasteiger partial charge in [-0.1, -0.05) is 61.5 Å². The van der Waals surface area contributed by atoms with E-state index in [-0.39, 0.29) is 11.8 Å². The van der Waals surface area contributed by atoms with Gasteiger partial charge in [0.15, 0.2) is 0 Å². The number of primary amides is 1. The van der Waals surface area contributed by atoms with Crippen LogP contribution in [0.4, 0.5) is 0 Å². The second kappa shape index (κ2) is 10.2. The summed E-state index contributed by atoms with van der Waals surface area (Å²) in [6.45, 7) is 2.68. The highest BCUT2D eigenvalue weighted by atomic mass is 32.1. The molecule has 1 amide bonds. The molecule has 3 aromatic carbocycles. The zero-order valence-corrected chi connectivity index (χ0v) is 17.6. The summed E-state index contributed by atoms with van der Waals surface area (Å²) in [6.07, 6.45) is 1.31. The molecule has 2 N–H and O–H groups in total. The van der Waals surface area contributed by atoms with E-state index in [4.69, 9.17) is 10.5 Å². The lowest BCUT2D eigenvalue weighted by Gasteiger charge is -2.14. The van der Waals surface area contributed by atoms with Gasteiger partial charge in [-0.15, -0.1) is 0 Å². The summed E-state index contributed by atoms with van der Waals surface area (Å²) in [5, 5.41) is 0. The van der Waals surface area contributed by atoms with Crippen LogP contribution >= 0.6 is 12.6 Å². The Labute approximate surface area is 178 Å². The molecular formula is C25H27NO2S. The quantitative estimate of drug-likeness (QED) is 0.469. The Hall–Kier alpha value is -2.72. The highest BCUT2D eigenvalue weighted by Gasteiger charge is 2.13. The Morgan fingerprint density at radius 1 is 1.03 bits per heavy atom. The maximum Gasteiger partial charge on any atom is 0.218 e. The minimum atomic E-state index is -0.311. The number of hydrogen-bond donors (Lipinski definition) is 2. The molecule has 0 fully saturated rings. The molecule has 0 aliphatic heterocycles. The van der Waals surface area contributed by atoms with Gasteiger partial charge in [0, 0.05) is 12.3 Å². The molecule has 0 bridgehead atoms. The Balaban J connectivity index is 1.68. The zero-order chi connectivity index (χ0) is 20.6. The van der Waals surface area contributed by atoms with Crippen molar-refractivity contribution in [3.8, 4) is 16.9 Å². The van der Waals surface area contributed by atoms with Gasteiger partial charge in [0.2, 0.25) is 5.91 Å². The number of hydrogen-bond acceptors (Lipinski definition) is 3. The smallest absolute Gasteiger partial charge is 0.218 e. The van der Waals surface area contributed by atoms with Crippen LogP contribution in [0, 0.1) is 0 Å². The summed E-state index contributed by atoms with van der Waals surface area (Å²) in [6, 6.07) is 24.8. The lowest BCUT2D eigenvalue weighted by Crippen LogP contribution is -2.16. The van der Waals surface area contributed by atoms with Crippen molar-refractivity contribution >= 4 is 18.5 Å². The molecular weight excluding hydrogens is 378 g/mol. The van der Waals surface area contributed by atoms with Crippen molar-refractivity contribution < 1.29 is 9.53 Å². The monoisotopic (exact) mass is 405 g/mol. The Morgan fingerprint density at radius 2 is 1.79 bits per heavy atom. The second-order valence-corrected chi connectivity index (χ2v) is 7.48. The molecule has 150 valence electrons. The highest BCUT2D eigenvalue weighted by molar-refractivity contribution is 7.80. The number of ether oxygens (including phenoxy) is 1. The van der Waals surface area contributed by atoms with Gasteiger partial charge in [0.25, 0.3) is 0 Å². The summed E-state index contributed by atoms with van der Waals surface area (Å²) in [5.74, 6) is 1.09. The molecule has 1 unspecified atom stereocenters. The van der Waals surface area contributed by atoms with Crippen molar-refractivity contribution in [1.29, 1.82) is 0 Å². The summed E-state index contributed by atoms with van der Waals surface area (Å²) in [7, 11) is 0. The summed E-state index contributed by atoms with van der Waals surface area (Å²) < 4.78 is 5.98. The largest absolute Gasteiger partial charge is 0.489 e. The molecule has 1 atom stereocenters. The molecule has 0 aliphatic carbocycles. The number of carbonyl (C=O) groups is 1. The molecule has 3 aromatic rings. The van der Waals surface area contributed by atoms with E-state index in [1.54, 1.807) is 0 Å². The summed E-state index contributed by atoms with van der Waals surface area (Å²) >= 11 is 4.33. The first-order valence-electron chi connectivity index (χ1n) is 9.89. The number of nitrogens with two attached hydrogens (primary N) is 1. The molecule has 4 heteroatoms. The standard InChI is InChI=1S/C25H27NO2S/c1-2-19-7-3-4-9-24(19)21-8-5-6-18(14-21)16-28-23-12-10-20(11-13-23)22(17-29)15-25(26)27/h3-14,22,29H,2,15-17H2,1H3,(H2,26,27). The number of carbonyl (C=O) groups excluding carboxylic acids is 1. The van der Waals surface area contributed by atoms with E-state index >= 15 is 0 Å². The average molecular weight is 406 g/mol. The average Bonchev–Trinajstić information content (AvgIpc) is 2.76. The Kier molecular flexibility index (Phi) is 7.36. The second-order valence-electron chi connectivity index (χ2n) is 7.12. The molecule has 0 aromatic heterocycles. The highest BCUT2D eigenvalue weighted by Crippen LogP contribution is 2.26. The van der Waals surface area contributed by atoms with Crippen LogP contribution in [0.15, 0.2) is 72.8 Å². The number of benzene rings is 3. The Morgan fingerprint density at radius 3 is 2.48 bits per heavy atom. The first-order valence-corrected chi connectivity index (χ1v) is 10.5. The van der Waals surface area contributed by atoms with Crippen molar-refractivity contribution in [3.63, 3.8) is 0 Å². The molecule has 0 spiro atoms. The van der Waals surface area contributed by atoms with Gasteiger partial charge in [0.05, 0.1) is 0 Å². The predicted molar refractivity (Wildman–Crippen MR) is 122 cm³/mol. The van der Waals surface area contributed by atoms with Crippen molar-refractivity contribution in [1.82, 2.24) is 0 Å². The van der Waals surface area contributed by atoms with Gasteiger partial charge in [-0.25, -0.2) is 0 Å². The van der Waals surface area contributed by atoms with Crippen LogP contribution in [0.2, 0.25) is 0 Å². The minimum absolute atomic E-state index is 0.0280. The minimum Gasteiger partial charge on any atom is -0.489 e. The normalized spacial score (nSPS) is 11.8. The summed E-state index contributed by atoms with van der Waals surface area (Å²) in [4.78, 5) is 11.2. The third kappa shape index (κ3) is 5.64. The fraction of sp³-hybridized carbons (Fsp3) is 0.240. The van der Waals surface area contributed by atoms with Crippen LogP contribution in [0.25, 0.3) is 11.1 Å². The number of aryl methyl sites for hydroxylation is 1. The van der Waals surface area contributed by atoms with Gasteiger partial charge < -0.3 is 10.5 Å². The van der Waals surface area contributed by atoms with Crippen LogP contribution in [-0.4, -0.2) is 11.7 Å². The van der Waals surface area contributed by atoms with Gasteiger partial charge in [-0.2, -0.15) is 12.6 Å². The fourth-order valence-corrected chi connectivity index (χ4v) is 3.81. The number of rotatable bonds is 9. The van der Waals surface area contributed by atoms with E-state index in [0.717, 1.165) is 23.3 Å². The third-order valence-electron chi connectivity index (χ3n) is 5.06. The first-order chi connectivity index (χ1) is 14.1. The van der Waals surface area contributed by atoms with E-state index in [9.17, 15) is 4.79 Å². The van der Waals surface area contributed by atoms with Crippen LogP contribution in [-0.2, 0) is 17.8 Å². The van der Waals surface area contributed by atoms with Crippen LogP contribution in [0.1, 0.15) is 36.0 Å². The van der Waals surface area contributed by atoms with Crippen LogP contribution < -0.4 is 10.5 Å². The number of amides is 1. The van der Waals surface area contributed by atoms with E-state index < -0.39 is 0 Å². The van der Waals surface area contributed by atoms with Gasteiger partial charge in [-0.05, 0) is 58.2 Å². The van der Waals surface area contributed by atoms with E-state index in [1.165, 1.54) is 16.7 Å². The van der Waals surface area contributed by atoms with Gasteiger partial charge in [-0.3, -0.25) is 4.79 Å². The summed E-state index contributed by atoms with van der Waals surface area (Å²) in [5.41, 5.74) is 11.3. The van der Waals surface area contributed by atoms with E-state index in [0.29, 0.717) is 18.8 Å². The first kappa shape index (κ1) is 21.0. The lowest BCUT2D eigenvalue weighted by molar-refractivity contribution is -0.118. The fourth-order valence-electron chi connectivity index (χ4n) is 3.47. The molecule has 0 aliphatic rings. The molecule has 0 heterocycles. The topological polar surface area (TPSA) is 52.3 Å². The number of thiol groups is 1. The van der Waals surface area contributed by atoms with Crippen LogP contribution in [0.3, 0.4) is 0 Å². The third-order valence-corrected chi connectivity index (χ3v) is 5.50. The maximum atomic E-state index is 11.2. The Bertz CT molecular complexity index is 953. The molecule has 0 radical (unpaired) electrons. The zero-order valence-electron chi connectivity index (χ0n) is 16.7. The molecule has 29 heavy (non-hydrogen) atoms. The van der Waals surface area contributed by atoms with Crippen molar-refractivity contribution in [2.24, 2.45) is 5.73 Å². The van der Waals surface area contributed by atoms with Crippen LogP contribution in [0.5, 0.6) is 5.75 Å². The van der Waals surface area contributed by atoms with E-state index in [1.807, 2.05) is 24.3 Å².